The van der Waals surface area contributed by atoms with Crippen LogP contribution in [0.4, 0.5) is 0 Å². The van der Waals surface area contributed by atoms with Crippen LogP contribution < -0.4 is 5.32 Å². The van der Waals surface area contributed by atoms with Crippen molar-refractivity contribution in [2.24, 2.45) is 0 Å². The molecule has 0 saturated heterocycles. The highest BCUT2D eigenvalue weighted by Crippen LogP contribution is 2.01. The predicted molar refractivity (Wildman–Crippen MR) is 80.0 cm³/mol. The molecule has 0 fully saturated rings. The summed E-state index contributed by atoms with van der Waals surface area (Å²) < 4.78 is 0. The van der Waals surface area contributed by atoms with Gasteiger partial charge >= 0.3 is 0 Å². The van der Waals surface area contributed by atoms with Gasteiger partial charge in [0, 0.05) is 12.6 Å². The summed E-state index contributed by atoms with van der Waals surface area (Å²) in [6.45, 7) is 11.8. The zero-order chi connectivity index (χ0) is 13.6. The molecule has 0 heterocycles. The van der Waals surface area contributed by atoms with Gasteiger partial charge in [-0.15, -0.1) is 0 Å². The van der Waals surface area contributed by atoms with Crippen LogP contribution >= 0.6 is 0 Å². The Balaban J connectivity index is 3.29. The molecule has 18 heavy (non-hydrogen) atoms. The lowest BCUT2D eigenvalue weighted by Gasteiger charge is -2.19. The van der Waals surface area contributed by atoms with Crippen LogP contribution in [0.15, 0.2) is 0 Å². The van der Waals surface area contributed by atoms with E-state index in [0.717, 1.165) is 19.4 Å². The van der Waals surface area contributed by atoms with Crippen molar-refractivity contribution >= 4 is 0 Å². The minimum atomic E-state index is 0.342. The number of aliphatic hydroxyl groups is 1. The molecule has 3 nitrogen and oxygen atoms in total. The highest BCUT2D eigenvalue weighted by Gasteiger charge is 2.03. The van der Waals surface area contributed by atoms with E-state index in [2.05, 4.69) is 31.0 Å². The second kappa shape index (κ2) is 13.3. The fourth-order valence-corrected chi connectivity index (χ4v) is 2.20. The van der Waals surface area contributed by atoms with Crippen molar-refractivity contribution in [3.63, 3.8) is 0 Å². The summed E-state index contributed by atoms with van der Waals surface area (Å²) >= 11 is 0. The van der Waals surface area contributed by atoms with E-state index in [4.69, 9.17) is 5.11 Å². The molecule has 0 bridgehead atoms. The third-order valence-corrected chi connectivity index (χ3v) is 3.58. The van der Waals surface area contributed by atoms with Gasteiger partial charge in [0.05, 0.1) is 0 Å². The zero-order valence-corrected chi connectivity index (χ0v) is 12.7. The molecule has 0 aliphatic rings. The third kappa shape index (κ3) is 11.0. The topological polar surface area (TPSA) is 35.5 Å². The van der Waals surface area contributed by atoms with Crippen LogP contribution in [0.3, 0.4) is 0 Å². The van der Waals surface area contributed by atoms with Crippen molar-refractivity contribution in [2.75, 3.05) is 32.8 Å². The van der Waals surface area contributed by atoms with Crippen molar-refractivity contribution in [3.05, 3.63) is 0 Å². The quantitative estimate of drug-likeness (QED) is 0.499. The van der Waals surface area contributed by atoms with Crippen LogP contribution in [0.5, 0.6) is 0 Å². The molecule has 2 N–H and O–H groups in total. The Bertz CT molecular complexity index is 161. The maximum Gasteiger partial charge on any atom is 0.0431 e. The predicted octanol–water partition coefficient (Wildman–Crippen LogP) is 2.64. The first-order chi connectivity index (χ1) is 8.74. The normalized spacial score (nSPS) is 13.2. The average Bonchev–Trinajstić information content (AvgIpc) is 2.39. The molecular formula is C15H34N2O. The first-order valence-electron chi connectivity index (χ1n) is 7.81. The summed E-state index contributed by atoms with van der Waals surface area (Å²) in [6.07, 6.45) is 7.15. The Hall–Kier alpha value is -0.120. The molecule has 1 atom stereocenters. The number of nitrogens with one attached hydrogen (secondary N) is 1. The smallest absolute Gasteiger partial charge is 0.0431 e. The molecular weight excluding hydrogens is 224 g/mol. The number of hydrogen-bond acceptors (Lipinski definition) is 3. The highest BCUT2D eigenvalue weighted by molar-refractivity contribution is 4.63. The van der Waals surface area contributed by atoms with Gasteiger partial charge in [-0.25, -0.2) is 0 Å². The summed E-state index contributed by atoms with van der Waals surface area (Å²) in [5.74, 6) is 0. The lowest BCUT2D eigenvalue weighted by molar-refractivity contribution is 0.281. The summed E-state index contributed by atoms with van der Waals surface area (Å²) in [7, 11) is 0. The maximum atomic E-state index is 8.67. The molecule has 0 rings (SSSR count). The van der Waals surface area contributed by atoms with Crippen LogP contribution in [-0.4, -0.2) is 48.8 Å². The van der Waals surface area contributed by atoms with E-state index >= 15 is 0 Å². The molecule has 0 spiro atoms. The van der Waals surface area contributed by atoms with Crippen LogP contribution in [0.1, 0.15) is 59.3 Å². The standard InChI is InChI=1S/C15H34N2O/c1-4-17(5-2)13-10-11-15(3)16-12-8-6-7-9-14-18/h15-16,18H,4-14H2,1-3H3. The minimum Gasteiger partial charge on any atom is -0.396 e. The van der Waals surface area contributed by atoms with Crippen molar-refractivity contribution in [1.82, 2.24) is 10.2 Å². The molecule has 0 aliphatic carbocycles. The van der Waals surface area contributed by atoms with E-state index in [9.17, 15) is 0 Å². The van der Waals surface area contributed by atoms with Crippen molar-refractivity contribution in [2.45, 2.75) is 65.3 Å². The maximum absolute atomic E-state index is 8.67. The molecule has 0 saturated carbocycles. The van der Waals surface area contributed by atoms with E-state index < -0.39 is 0 Å². The fraction of sp³-hybridized carbons (Fsp3) is 1.00. The van der Waals surface area contributed by atoms with Gasteiger partial charge in [0.15, 0.2) is 0 Å². The Labute approximate surface area is 114 Å². The summed E-state index contributed by atoms with van der Waals surface area (Å²) in [5.41, 5.74) is 0. The highest BCUT2D eigenvalue weighted by atomic mass is 16.2. The van der Waals surface area contributed by atoms with Gasteiger partial charge in [-0.05, 0) is 58.8 Å². The molecule has 0 amide bonds. The average molecular weight is 258 g/mol. The molecule has 0 radical (unpaired) electrons. The van der Waals surface area contributed by atoms with Gasteiger partial charge in [0.2, 0.25) is 0 Å². The van der Waals surface area contributed by atoms with Crippen LogP contribution in [-0.2, 0) is 0 Å². The molecule has 0 aromatic rings. The van der Waals surface area contributed by atoms with E-state index in [0.29, 0.717) is 12.6 Å². The van der Waals surface area contributed by atoms with Gasteiger partial charge < -0.3 is 15.3 Å². The van der Waals surface area contributed by atoms with Crippen molar-refractivity contribution in [1.29, 1.82) is 0 Å². The van der Waals surface area contributed by atoms with Gasteiger partial charge in [-0.1, -0.05) is 26.7 Å². The van der Waals surface area contributed by atoms with Gasteiger partial charge in [-0.2, -0.15) is 0 Å². The lowest BCUT2D eigenvalue weighted by atomic mass is 10.1. The fourth-order valence-electron chi connectivity index (χ4n) is 2.20. The SMILES string of the molecule is CCN(CC)CCCC(C)NCCCCCCO. The Morgan fingerprint density at radius 3 is 2.28 bits per heavy atom. The monoisotopic (exact) mass is 258 g/mol. The van der Waals surface area contributed by atoms with Gasteiger partial charge in [0.25, 0.3) is 0 Å². The first-order valence-corrected chi connectivity index (χ1v) is 7.81. The Morgan fingerprint density at radius 1 is 1.00 bits per heavy atom. The van der Waals surface area contributed by atoms with E-state index in [1.54, 1.807) is 0 Å². The number of unbranched alkanes of at least 4 members (excludes halogenated alkanes) is 3. The largest absolute Gasteiger partial charge is 0.396 e. The second-order valence-corrected chi connectivity index (χ2v) is 5.16. The Kier molecular flexibility index (Phi) is 13.2. The molecule has 110 valence electrons. The number of aliphatic hydroxyl groups excluding tert-OH is 1. The molecule has 3 heteroatoms. The van der Waals surface area contributed by atoms with Gasteiger partial charge in [0.1, 0.15) is 0 Å². The van der Waals surface area contributed by atoms with Crippen LogP contribution in [0, 0.1) is 0 Å². The van der Waals surface area contributed by atoms with Crippen LogP contribution in [0.2, 0.25) is 0 Å². The molecule has 1 unspecified atom stereocenters. The summed E-state index contributed by atoms with van der Waals surface area (Å²) in [4.78, 5) is 2.49. The molecule has 0 aliphatic heterocycles. The third-order valence-electron chi connectivity index (χ3n) is 3.58. The van der Waals surface area contributed by atoms with E-state index in [-0.39, 0.29) is 0 Å². The van der Waals surface area contributed by atoms with Gasteiger partial charge in [-0.3, -0.25) is 0 Å². The number of hydrogen-bond donors (Lipinski definition) is 2. The number of rotatable bonds is 13. The van der Waals surface area contributed by atoms with E-state index in [1.807, 2.05) is 0 Å². The Morgan fingerprint density at radius 2 is 1.67 bits per heavy atom. The first kappa shape index (κ1) is 17.9. The second-order valence-electron chi connectivity index (χ2n) is 5.16. The van der Waals surface area contributed by atoms with Crippen molar-refractivity contribution in [3.8, 4) is 0 Å². The molecule has 0 aromatic carbocycles. The van der Waals surface area contributed by atoms with E-state index in [1.165, 1.54) is 45.3 Å². The summed E-state index contributed by atoms with van der Waals surface area (Å²) in [6, 6.07) is 0.637. The number of nitrogens with zero attached hydrogens (tertiary/aromatic N) is 1. The lowest BCUT2D eigenvalue weighted by Crippen LogP contribution is -2.29. The van der Waals surface area contributed by atoms with Crippen LogP contribution in [0.25, 0.3) is 0 Å². The minimum absolute atomic E-state index is 0.342. The summed E-state index contributed by atoms with van der Waals surface area (Å²) in [5, 5.41) is 12.3. The zero-order valence-electron chi connectivity index (χ0n) is 12.7. The van der Waals surface area contributed by atoms with Crippen molar-refractivity contribution < 1.29 is 5.11 Å². The molecule has 0 aromatic heterocycles.